The molecule has 0 N–H and O–H groups in total. The van der Waals surface area contributed by atoms with Gasteiger partial charge in [0.05, 0.1) is 4.92 Å². The Morgan fingerprint density at radius 1 is 0.969 bits per heavy atom. The van der Waals surface area contributed by atoms with Crippen molar-refractivity contribution < 1.29 is 14.5 Å². The molecule has 2 aliphatic heterocycles. The van der Waals surface area contributed by atoms with Crippen LogP contribution in [0.25, 0.3) is 0 Å². The van der Waals surface area contributed by atoms with Crippen LogP contribution in [0.15, 0.2) is 54.6 Å². The normalized spacial score (nSPS) is 18.4. The number of piperidine rings is 1. The van der Waals surface area contributed by atoms with E-state index in [1.54, 1.807) is 17.0 Å². The van der Waals surface area contributed by atoms with Gasteiger partial charge in [0.15, 0.2) is 0 Å². The minimum absolute atomic E-state index is 0.0264. The summed E-state index contributed by atoms with van der Waals surface area (Å²) in [5.74, 6) is 0.0178. The molecule has 2 aromatic rings. The van der Waals surface area contributed by atoms with Crippen LogP contribution in [0.4, 0.5) is 5.69 Å². The molecule has 0 spiro atoms. The topological polar surface area (TPSA) is 87.0 Å². The number of rotatable bonds is 6. The Labute approximate surface area is 187 Å². The quantitative estimate of drug-likeness (QED) is 0.513. The van der Waals surface area contributed by atoms with E-state index < -0.39 is 6.04 Å². The maximum atomic E-state index is 13.6. The zero-order chi connectivity index (χ0) is 22.5. The van der Waals surface area contributed by atoms with Crippen molar-refractivity contribution in [3.63, 3.8) is 0 Å². The van der Waals surface area contributed by atoms with Crippen LogP contribution in [0.5, 0.6) is 0 Å². The van der Waals surface area contributed by atoms with Gasteiger partial charge in [0.25, 0.3) is 5.69 Å². The van der Waals surface area contributed by atoms with Crippen molar-refractivity contribution in [1.82, 2.24) is 14.7 Å². The second kappa shape index (κ2) is 9.91. The smallest absolute Gasteiger partial charge is 0.269 e. The Bertz CT molecular complexity index is 973. The Morgan fingerprint density at radius 3 is 2.41 bits per heavy atom. The molecule has 0 aliphatic carbocycles. The monoisotopic (exact) mass is 436 g/mol. The van der Waals surface area contributed by atoms with Gasteiger partial charge in [0, 0.05) is 57.8 Å². The van der Waals surface area contributed by atoms with Crippen LogP contribution in [0, 0.1) is 10.1 Å². The van der Waals surface area contributed by atoms with Crippen LogP contribution in [0.2, 0.25) is 0 Å². The minimum Gasteiger partial charge on any atom is -0.338 e. The third kappa shape index (κ3) is 4.96. The van der Waals surface area contributed by atoms with Crippen LogP contribution in [-0.2, 0) is 16.1 Å². The van der Waals surface area contributed by atoms with Gasteiger partial charge in [-0.05, 0) is 24.0 Å². The van der Waals surface area contributed by atoms with Crippen LogP contribution < -0.4 is 0 Å². The second-order valence-corrected chi connectivity index (χ2v) is 8.39. The first-order chi connectivity index (χ1) is 15.5. The molecule has 2 heterocycles. The first-order valence-corrected chi connectivity index (χ1v) is 11.1. The van der Waals surface area contributed by atoms with Crippen molar-refractivity contribution in [3.05, 3.63) is 75.8 Å². The van der Waals surface area contributed by atoms with Crippen molar-refractivity contribution >= 4 is 17.5 Å². The number of carbonyl (C=O) groups excluding carboxylic acids is 2. The number of nitro groups is 1. The summed E-state index contributed by atoms with van der Waals surface area (Å²) >= 11 is 0. The van der Waals surface area contributed by atoms with E-state index in [0.29, 0.717) is 45.7 Å². The van der Waals surface area contributed by atoms with Crippen LogP contribution in [-0.4, -0.2) is 64.2 Å². The number of nitrogens with zero attached hydrogens (tertiary/aromatic N) is 4. The molecule has 0 bridgehead atoms. The van der Waals surface area contributed by atoms with E-state index in [1.165, 1.54) is 6.07 Å². The first-order valence-electron chi connectivity index (χ1n) is 11.1. The molecule has 2 aliphatic rings. The largest absolute Gasteiger partial charge is 0.338 e. The third-order valence-corrected chi connectivity index (χ3v) is 6.23. The number of piperazine rings is 1. The molecule has 1 atom stereocenters. The fraction of sp³-hybridized carbons (Fsp3) is 0.417. The lowest BCUT2D eigenvalue weighted by molar-refractivity contribution is -0.384. The first kappa shape index (κ1) is 22.0. The van der Waals surface area contributed by atoms with Gasteiger partial charge in [-0.3, -0.25) is 24.6 Å². The van der Waals surface area contributed by atoms with Gasteiger partial charge >= 0.3 is 0 Å². The number of benzene rings is 2. The van der Waals surface area contributed by atoms with Crippen LogP contribution in [0.3, 0.4) is 0 Å². The Kier molecular flexibility index (Phi) is 6.80. The van der Waals surface area contributed by atoms with Gasteiger partial charge in [-0.2, -0.15) is 0 Å². The molecule has 2 saturated heterocycles. The summed E-state index contributed by atoms with van der Waals surface area (Å²) in [6.45, 7) is 3.72. The predicted molar refractivity (Wildman–Crippen MR) is 120 cm³/mol. The highest BCUT2D eigenvalue weighted by atomic mass is 16.6. The molecule has 0 radical (unpaired) electrons. The van der Waals surface area contributed by atoms with Crippen molar-refractivity contribution in [2.24, 2.45) is 0 Å². The van der Waals surface area contributed by atoms with Crippen molar-refractivity contribution in [1.29, 1.82) is 0 Å². The molecule has 0 saturated carbocycles. The van der Waals surface area contributed by atoms with Gasteiger partial charge < -0.3 is 9.80 Å². The van der Waals surface area contributed by atoms with E-state index in [0.717, 1.165) is 24.0 Å². The number of nitro benzene ring substituents is 1. The van der Waals surface area contributed by atoms with Crippen molar-refractivity contribution in [2.45, 2.75) is 31.8 Å². The number of likely N-dealkylation sites (tertiary alicyclic amines) is 1. The molecule has 0 aromatic heterocycles. The van der Waals surface area contributed by atoms with E-state index in [4.69, 9.17) is 0 Å². The Balaban J connectivity index is 1.43. The standard InChI is InChI=1S/C24H28N4O4/c29-22-11-4-5-12-27(22)23(20-8-2-1-3-9-20)24(30)26-15-13-25(14-16-26)18-19-7-6-10-21(17-19)28(31)32/h1-3,6-10,17,23H,4-5,11-16,18H2. The lowest BCUT2D eigenvalue weighted by atomic mass is 9.99. The zero-order valence-corrected chi connectivity index (χ0v) is 18.1. The van der Waals surface area contributed by atoms with E-state index in [1.807, 2.05) is 41.3 Å². The minimum atomic E-state index is -0.577. The lowest BCUT2D eigenvalue weighted by Crippen LogP contribution is -2.53. The summed E-state index contributed by atoms with van der Waals surface area (Å²) in [6, 6.07) is 15.7. The number of amides is 2. The molecular formula is C24H28N4O4. The average molecular weight is 437 g/mol. The van der Waals surface area contributed by atoms with Gasteiger partial charge in [0.2, 0.25) is 11.8 Å². The molecule has 1 unspecified atom stereocenters. The molecule has 4 rings (SSSR count). The maximum Gasteiger partial charge on any atom is 0.269 e. The molecule has 168 valence electrons. The van der Waals surface area contributed by atoms with Crippen LogP contribution >= 0.6 is 0 Å². The fourth-order valence-corrected chi connectivity index (χ4v) is 4.52. The Morgan fingerprint density at radius 2 is 1.72 bits per heavy atom. The highest BCUT2D eigenvalue weighted by Gasteiger charge is 2.36. The summed E-state index contributed by atoms with van der Waals surface area (Å²) < 4.78 is 0. The fourth-order valence-electron chi connectivity index (χ4n) is 4.52. The Hall–Kier alpha value is -3.26. The molecule has 8 nitrogen and oxygen atoms in total. The van der Waals surface area contributed by atoms with E-state index in [9.17, 15) is 19.7 Å². The van der Waals surface area contributed by atoms with E-state index in [-0.39, 0.29) is 22.4 Å². The average Bonchev–Trinajstić information content (AvgIpc) is 2.82. The van der Waals surface area contributed by atoms with Crippen molar-refractivity contribution in [2.75, 3.05) is 32.7 Å². The van der Waals surface area contributed by atoms with E-state index >= 15 is 0 Å². The summed E-state index contributed by atoms with van der Waals surface area (Å²) in [4.78, 5) is 42.6. The van der Waals surface area contributed by atoms with Gasteiger partial charge in [-0.1, -0.05) is 42.5 Å². The van der Waals surface area contributed by atoms with Gasteiger partial charge in [-0.25, -0.2) is 0 Å². The molecule has 8 heteroatoms. The van der Waals surface area contributed by atoms with Crippen LogP contribution in [0.1, 0.15) is 36.4 Å². The highest BCUT2D eigenvalue weighted by molar-refractivity contribution is 5.89. The second-order valence-electron chi connectivity index (χ2n) is 8.39. The SMILES string of the molecule is O=C(C(c1ccccc1)N1CCCCC1=O)N1CCN(Cc2cccc([N+](=O)[O-])c2)CC1. The van der Waals surface area contributed by atoms with Crippen molar-refractivity contribution in [3.8, 4) is 0 Å². The molecule has 2 amide bonds. The summed E-state index contributed by atoms with van der Waals surface area (Å²) in [5.41, 5.74) is 1.83. The number of hydrogen-bond acceptors (Lipinski definition) is 5. The molecular weight excluding hydrogens is 408 g/mol. The molecule has 2 aromatic carbocycles. The summed E-state index contributed by atoms with van der Waals surface area (Å²) in [5, 5.41) is 11.0. The summed E-state index contributed by atoms with van der Waals surface area (Å²) in [7, 11) is 0. The number of hydrogen-bond donors (Lipinski definition) is 0. The third-order valence-electron chi connectivity index (χ3n) is 6.23. The molecule has 2 fully saturated rings. The summed E-state index contributed by atoms with van der Waals surface area (Å²) in [6.07, 6.45) is 2.29. The number of non-ortho nitro benzene ring substituents is 1. The number of carbonyl (C=O) groups is 2. The van der Waals surface area contributed by atoms with Gasteiger partial charge in [0.1, 0.15) is 6.04 Å². The molecule has 32 heavy (non-hydrogen) atoms. The maximum absolute atomic E-state index is 13.6. The highest BCUT2D eigenvalue weighted by Crippen LogP contribution is 2.28. The predicted octanol–water partition coefficient (Wildman–Crippen LogP) is 2.99. The van der Waals surface area contributed by atoms with Gasteiger partial charge in [-0.15, -0.1) is 0 Å². The lowest BCUT2D eigenvalue weighted by Gasteiger charge is -2.40. The zero-order valence-electron chi connectivity index (χ0n) is 18.1. The van der Waals surface area contributed by atoms with E-state index in [2.05, 4.69) is 4.90 Å².